The van der Waals surface area contributed by atoms with E-state index in [4.69, 9.17) is 32.7 Å². The van der Waals surface area contributed by atoms with Crippen molar-refractivity contribution in [2.45, 2.75) is 19.3 Å². The lowest BCUT2D eigenvalue weighted by Gasteiger charge is -2.27. The van der Waals surface area contributed by atoms with Crippen molar-refractivity contribution in [3.63, 3.8) is 0 Å². The number of carbonyl (C=O) groups excluding carboxylic acids is 2. The summed E-state index contributed by atoms with van der Waals surface area (Å²) in [7, 11) is 2.79. The van der Waals surface area contributed by atoms with Gasteiger partial charge in [-0.25, -0.2) is 4.79 Å². The molecule has 0 radical (unpaired) electrons. The number of nitrogens with zero attached hydrogens (tertiary/aromatic N) is 1. The van der Waals surface area contributed by atoms with Crippen LogP contribution in [-0.4, -0.2) is 44.1 Å². The van der Waals surface area contributed by atoms with Gasteiger partial charge in [-0.2, -0.15) is 0 Å². The average molecular weight is 438 g/mol. The first kappa shape index (κ1) is 21.3. The average Bonchev–Trinajstić information content (AvgIpc) is 2.75. The Balaban J connectivity index is 1.90. The lowest BCUT2D eigenvalue weighted by molar-refractivity contribution is 0.0600. The van der Waals surface area contributed by atoms with Crippen LogP contribution in [0, 0.1) is 0 Å². The van der Waals surface area contributed by atoms with Crippen LogP contribution in [0.15, 0.2) is 30.3 Å². The van der Waals surface area contributed by atoms with Crippen molar-refractivity contribution in [1.82, 2.24) is 4.90 Å². The van der Waals surface area contributed by atoms with Crippen molar-refractivity contribution in [3.05, 3.63) is 51.5 Å². The number of methoxy groups -OCH3 is 2. The van der Waals surface area contributed by atoms with E-state index in [9.17, 15) is 9.59 Å². The summed E-state index contributed by atoms with van der Waals surface area (Å²) in [5.74, 6) is 0.360. The fraction of sp³-hybridized carbons (Fsp3) is 0.333. The highest BCUT2D eigenvalue weighted by Crippen LogP contribution is 2.38. The van der Waals surface area contributed by atoms with Crippen LogP contribution in [-0.2, 0) is 4.74 Å². The first-order chi connectivity index (χ1) is 13.9. The van der Waals surface area contributed by atoms with Gasteiger partial charge in [0.15, 0.2) is 5.75 Å². The Kier molecular flexibility index (Phi) is 6.87. The zero-order valence-electron chi connectivity index (χ0n) is 16.2. The van der Waals surface area contributed by atoms with E-state index in [0.717, 1.165) is 32.4 Å². The summed E-state index contributed by atoms with van der Waals surface area (Å²) in [5, 5.41) is 0.301. The zero-order chi connectivity index (χ0) is 21.0. The van der Waals surface area contributed by atoms with Crippen molar-refractivity contribution < 1.29 is 23.8 Å². The van der Waals surface area contributed by atoms with E-state index in [2.05, 4.69) is 4.74 Å². The number of rotatable bonds is 5. The van der Waals surface area contributed by atoms with Gasteiger partial charge in [0.25, 0.3) is 5.91 Å². The number of halogens is 2. The van der Waals surface area contributed by atoms with Crippen molar-refractivity contribution >= 4 is 35.1 Å². The maximum atomic E-state index is 13.0. The van der Waals surface area contributed by atoms with Gasteiger partial charge in [-0.05, 0) is 49.6 Å². The summed E-state index contributed by atoms with van der Waals surface area (Å²) in [6.07, 6.45) is 3.10. The SMILES string of the molecule is COC(=O)c1cc(Cl)c(Oc2ccc(OC)c(C(=O)N3CCCCC3)c2)c(Cl)c1. The summed E-state index contributed by atoms with van der Waals surface area (Å²) >= 11 is 12.5. The molecule has 0 N–H and O–H groups in total. The van der Waals surface area contributed by atoms with Crippen molar-refractivity contribution in [2.24, 2.45) is 0 Å². The maximum Gasteiger partial charge on any atom is 0.337 e. The summed E-state index contributed by atoms with van der Waals surface area (Å²) in [4.78, 5) is 26.5. The largest absolute Gasteiger partial charge is 0.496 e. The number of ether oxygens (including phenoxy) is 3. The Labute approximate surface area is 179 Å². The quantitative estimate of drug-likeness (QED) is 0.600. The van der Waals surface area contributed by atoms with Crippen molar-refractivity contribution in [1.29, 1.82) is 0 Å². The van der Waals surface area contributed by atoms with E-state index in [0.29, 0.717) is 17.1 Å². The van der Waals surface area contributed by atoms with Gasteiger partial charge in [0.1, 0.15) is 11.5 Å². The molecule has 1 heterocycles. The van der Waals surface area contributed by atoms with E-state index in [1.807, 2.05) is 4.90 Å². The highest BCUT2D eigenvalue weighted by Gasteiger charge is 2.23. The van der Waals surface area contributed by atoms with Crippen LogP contribution >= 0.6 is 23.2 Å². The van der Waals surface area contributed by atoms with E-state index in [1.54, 1.807) is 18.2 Å². The normalized spacial score (nSPS) is 13.7. The molecule has 0 saturated carbocycles. The molecule has 1 fully saturated rings. The van der Waals surface area contributed by atoms with Crippen LogP contribution in [0.5, 0.6) is 17.2 Å². The van der Waals surface area contributed by atoms with Crippen LogP contribution in [0.4, 0.5) is 0 Å². The van der Waals surface area contributed by atoms with Crippen molar-refractivity contribution in [3.8, 4) is 17.2 Å². The number of likely N-dealkylation sites (tertiary alicyclic amines) is 1. The first-order valence-corrected chi connectivity index (χ1v) is 9.92. The highest BCUT2D eigenvalue weighted by molar-refractivity contribution is 6.37. The molecule has 8 heteroatoms. The minimum atomic E-state index is -0.556. The third-order valence-corrected chi connectivity index (χ3v) is 5.25. The van der Waals surface area contributed by atoms with E-state index >= 15 is 0 Å². The molecule has 3 rings (SSSR count). The highest BCUT2D eigenvalue weighted by atomic mass is 35.5. The molecular formula is C21H21Cl2NO5. The lowest BCUT2D eigenvalue weighted by atomic mass is 10.1. The Morgan fingerprint density at radius 1 is 0.966 bits per heavy atom. The smallest absolute Gasteiger partial charge is 0.337 e. The fourth-order valence-corrected chi connectivity index (χ4v) is 3.76. The van der Waals surface area contributed by atoms with Gasteiger partial charge in [0.2, 0.25) is 0 Å². The molecule has 0 bridgehead atoms. The van der Waals surface area contributed by atoms with Gasteiger partial charge >= 0.3 is 5.97 Å². The number of benzene rings is 2. The van der Waals surface area contributed by atoms with Gasteiger partial charge in [0.05, 0.1) is 35.4 Å². The van der Waals surface area contributed by atoms with Gasteiger partial charge in [-0.1, -0.05) is 23.2 Å². The number of amides is 1. The molecule has 1 aliphatic heterocycles. The standard InChI is InChI=1S/C21H21Cl2NO5/c1-27-18-7-6-14(12-15(18)20(25)24-8-4-3-5-9-24)29-19-16(22)10-13(11-17(19)23)21(26)28-2/h6-7,10-12H,3-5,8-9H2,1-2H3. The van der Waals surface area contributed by atoms with E-state index < -0.39 is 5.97 Å². The van der Waals surface area contributed by atoms with E-state index in [1.165, 1.54) is 26.4 Å². The molecule has 2 aromatic rings. The molecular weight excluding hydrogens is 417 g/mol. The molecule has 0 atom stereocenters. The minimum absolute atomic E-state index is 0.106. The fourth-order valence-electron chi connectivity index (χ4n) is 3.20. The zero-order valence-corrected chi connectivity index (χ0v) is 17.7. The predicted molar refractivity (Wildman–Crippen MR) is 111 cm³/mol. The van der Waals surface area contributed by atoms with Crippen LogP contribution in [0.1, 0.15) is 40.0 Å². The molecule has 1 amide bonds. The monoisotopic (exact) mass is 437 g/mol. The third kappa shape index (κ3) is 4.77. The van der Waals surface area contributed by atoms with Gasteiger partial charge in [-0.3, -0.25) is 4.79 Å². The molecule has 2 aromatic carbocycles. The Bertz CT molecular complexity index is 902. The van der Waals surface area contributed by atoms with Crippen LogP contribution in [0.3, 0.4) is 0 Å². The minimum Gasteiger partial charge on any atom is -0.496 e. The number of carbonyl (C=O) groups is 2. The number of esters is 1. The second-order valence-electron chi connectivity index (χ2n) is 6.58. The third-order valence-electron chi connectivity index (χ3n) is 4.68. The van der Waals surface area contributed by atoms with Crippen LogP contribution in [0.2, 0.25) is 10.0 Å². The number of piperidine rings is 1. The van der Waals surface area contributed by atoms with Crippen LogP contribution < -0.4 is 9.47 Å². The van der Waals surface area contributed by atoms with Crippen molar-refractivity contribution in [2.75, 3.05) is 27.3 Å². The lowest BCUT2D eigenvalue weighted by Crippen LogP contribution is -2.35. The number of hydrogen-bond acceptors (Lipinski definition) is 5. The summed E-state index contributed by atoms with van der Waals surface area (Å²) in [6.45, 7) is 1.44. The second-order valence-corrected chi connectivity index (χ2v) is 7.39. The van der Waals surface area contributed by atoms with Gasteiger partial charge in [-0.15, -0.1) is 0 Å². The molecule has 0 aromatic heterocycles. The summed E-state index contributed by atoms with van der Waals surface area (Å²) in [6, 6.07) is 7.76. The molecule has 6 nitrogen and oxygen atoms in total. The predicted octanol–water partition coefficient (Wildman–Crippen LogP) is 5.21. The molecule has 0 spiro atoms. The van der Waals surface area contributed by atoms with E-state index in [-0.39, 0.29) is 27.3 Å². The summed E-state index contributed by atoms with van der Waals surface area (Å²) < 4.78 is 15.9. The second kappa shape index (κ2) is 9.37. The Morgan fingerprint density at radius 3 is 2.21 bits per heavy atom. The molecule has 0 unspecified atom stereocenters. The topological polar surface area (TPSA) is 65.1 Å². The van der Waals surface area contributed by atoms with Crippen LogP contribution in [0.25, 0.3) is 0 Å². The van der Waals surface area contributed by atoms with Gasteiger partial charge < -0.3 is 19.1 Å². The number of hydrogen-bond donors (Lipinski definition) is 0. The first-order valence-electron chi connectivity index (χ1n) is 9.17. The molecule has 29 heavy (non-hydrogen) atoms. The summed E-state index contributed by atoms with van der Waals surface area (Å²) in [5.41, 5.74) is 0.621. The molecule has 154 valence electrons. The Morgan fingerprint density at radius 2 is 1.62 bits per heavy atom. The molecule has 1 saturated heterocycles. The van der Waals surface area contributed by atoms with Gasteiger partial charge in [0, 0.05) is 13.1 Å². The molecule has 1 aliphatic rings. The maximum absolute atomic E-state index is 13.0. The molecule has 0 aliphatic carbocycles. The Hall–Kier alpha value is -2.44.